The highest BCUT2D eigenvalue weighted by molar-refractivity contribution is 5.09. The van der Waals surface area contributed by atoms with Crippen LogP contribution in [0, 0.1) is 10.6 Å². The van der Waals surface area contributed by atoms with E-state index in [4.69, 9.17) is 0 Å². The van der Waals surface area contributed by atoms with E-state index < -0.39 is 27.1 Å². The van der Waals surface area contributed by atoms with Crippen LogP contribution in [-0.4, -0.2) is 0 Å². The molecule has 1 aliphatic carbocycles. The Hall–Kier alpha value is -2.04. The van der Waals surface area contributed by atoms with Crippen molar-refractivity contribution in [2.45, 2.75) is 0 Å². The molecule has 0 atom stereocenters. The van der Waals surface area contributed by atoms with Crippen molar-refractivity contribution in [3.8, 4) is 0 Å². The maximum absolute atomic E-state index is 11.1. The molecule has 0 fully saturated rings. The van der Waals surface area contributed by atoms with Crippen molar-refractivity contribution < 1.29 is 4.42 Å². The molecule has 64 valence electrons. The fraction of sp³-hybridized carbons (Fsp3) is 0. The summed E-state index contributed by atoms with van der Waals surface area (Å²) < 4.78 is 4.43. The molecule has 13 heavy (non-hydrogen) atoms. The van der Waals surface area contributed by atoms with Gasteiger partial charge in [-0.15, -0.1) is 0 Å². The van der Waals surface area contributed by atoms with Crippen LogP contribution < -0.4 is 21.9 Å². The van der Waals surface area contributed by atoms with Crippen LogP contribution in [-0.2, 0) is 0 Å². The highest BCUT2D eigenvalue weighted by Gasteiger charge is 2.09. The third-order valence-electron chi connectivity index (χ3n) is 1.70. The topological polar surface area (TPSA) is 81.4 Å². The van der Waals surface area contributed by atoms with Crippen molar-refractivity contribution in [2.24, 2.45) is 0 Å². The molecule has 0 spiro atoms. The van der Waals surface area contributed by atoms with Gasteiger partial charge in [0.05, 0.1) is 0 Å². The van der Waals surface area contributed by atoms with Crippen LogP contribution >= 0.6 is 0 Å². The van der Waals surface area contributed by atoms with Gasteiger partial charge in [-0.25, -0.2) is 4.79 Å². The third kappa shape index (κ3) is 0.868. The van der Waals surface area contributed by atoms with E-state index in [2.05, 4.69) is 4.42 Å². The molecule has 0 unspecified atom stereocenters. The third-order valence-corrected chi connectivity index (χ3v) is 1.70. The van der Waals surface area contributed by atoms with Crippen molar-refractivity contribution in [3.63, 3.8) is 0 Å². The molecule has 0 aromatic carbocycles. The SMILES string of the molecule is O=c1ccc2oc(=O)c(=O)c=2c1=O. The molecular formula is C8H2O5. The van der Waals surface area contributed by atoms with E-state index >= 15 is 0 Å². The molecule has 5 nitrogen and oxygen atoms in total. The Morgan fingerprint density at radius 2 is 1.62 bits per heavy atom. The predicted molar refractivity (Wildman–Crippen MR) is 41.5 cm³/mol. The Labute approximate surface area is 69.2 Å². The molecule has 2 rings (SSSR count). The highest BCUT2D eigenvalue weighted by atomic mass is 16.4. The van der Waals surface area contributed by atoms with Gasteiger partial charge in [-0.2, -0.15) is 0 Å². The molecule has 2 aliphatic rings. The van der Waals surface area contributed by atoms with Gasteiger partial charge in [0, 0.05) is 0 Å². The van der Waals surface area contributed by atoms with Gasteiger partial charge in [0.15, 0.2) is 0 Å². The van der Waals surface area contributed by atoms with Crippen molar-refractivity contribution in [1.82, 2.24) is 0 Å². The van der Waals surface area contributed by atoms with Gasteiger partial charge in [0.1, 0.15) is 10.6 Å². The fourth-order valence-corrected chi connectivity index (χ4v) is 1.09. The predicted octanol–water partition coefficient (Wildman–Crippen LogP) is -1.68. The van der Waals surface area contributed by atoms with E-state index in [0.29, 0.717) is 0 Å². The maximum Gasteiger partial charge on any atom is 0.385 e. The summed E-state index contributed by atoms with van der Waals surface area (Å²) in [7, 11) is 0. The molecular weight excluding hydrogens is 176 g/mol. The summed E-state index contributed by atoms with van der Waals surface area (Å²) in [6, 6.07) is 2.11. The minimum atomic E-state index is -1.11. The summed E-state index contributed by atoms with van der Waals surface area (Å²) in [6.07, 6.45) is 0. The van der Waals surface area contributed by atoms with Gasteiger partial charge in [-0.1, -0.05) is 0 Å². The van der Waals surface area contributed by atoms with Crippen molar-refractivity contribution >= 4 is 0 Å². The first-order valence-electron chi connectivity index (χ1n) is 3.39. The average molecular weight is 178 g/mol. The zero-order chi connectivity index (χ0) is 9.59. The second kappa shape index (κ2) is 2.22. The van der Waals surface area contributed by atoms with Gasteiger partial charge in [-0.05, 0) is 12.1 Å². The van der Waals surface area contributed by atoms with Crippen LogP contribution in [0.15, 0.2) is 35.7 Å². The standard InChI is InChI=1S/C8H2O5/c9-3-1-2-4-5(6(3)10)7(11)8(12)13-4/h1-2H. The Bertz CT molecular complexity index is 714. The van der Waals surface area contributed by atoms with E-state index in [1.807, 2.05) is 0 Å². The maximum atomic E-state index is 11.1. The average Bonchev–Trinajstić information content (AvgIpc) is 2.37. The van der Waals surface area contributed by atoms with Crippen LogP contribution in [0.4, 0.5) is 0 Å². The molecule has 5 heteroatoms. The van der Waals surface area contributed by atoms with Crippen LogP contribution in [0.3, 0.4) is 0 Å². The summed E-state index contributed by atoms with van der Waals surface area (Å²) in [5, 5.41) is -0.447. The normalized spacial score (nSPS) is 10.8. The van der Waals surface area contributed by atoms with Gasteiger partial charge in [0.2, 0.25) is 10.9 Å². The lowest BCUT2D eigenvalue weighted by molar-refractivity contribution is 0.497. The van der Waals surface area contributed by atoms with E-state index in [1.54, 1.807) is 0 Å². The number of hydrogen-bond acceptors (Lipinski definition) is 5. The van der Waals surface area contributed by atoms with E-state index in [-0.39, 0.29) is 5.42 Å². The lowest BCUT2D eigenvalue weighted by Crippen LogP contribution is -2.30. The minimum Gasteiger partial charge on any atom is -0.420 e. The molecule has 1 aliphatic heterocycles. The fourth-order valence-electron chi connectivity index (χ4n) is 1.09. The molecule has 0 N–H and O–H groups in total. The van der Waals surface area contributed by atoms with Crippen molar-refractivity contribution in [2.75, 3.05) is 0 Å². The summed E-state index contributed by atoms with van der Waals surface area (Å²) in [5.74, 6) is 0. The van der Waals surface area contributed by atoms with E-state index in [9.17, 15) is 19.2 Å². The molecule has 0 aromatic rings. The summed E-state index contributed by atoms with van der Waals surface area (Å²) >= 11 is 0. The molecule has 0 amide bonds. The smallest absolute Gasteiger partial charge is 0.385 e. The Balaban J connectivity index is 3.46. The first kappa shape index (κ1) is 7.60. The molecule has 1 heterocycles. The molecule has 0 saturated heterocycles. The highest BCUT2D eigenvalue weighted by Crippen LogP contribution is 1.82. The van der Waals surface area contributed by atoms with Gasteiger partial charge < -0.3 is 4.42 Å². The molecule has 0 saturated carbocycles. The minimum absolute atomic E-state index is 0.125. The largest absolute Gasteiger partial charge is 0.420 e. The van der Waals surface area contributed by atoms with Crippen LogP contribution in [0.1, 0.15) is 0 Å². The summed E-state index contributed by atoms with van der Waals surface area (Å²) in [4.78, 5) is 43.5. The van der Waals surface area contributed by atoms with Crippen LogP contribution in [0.5, 0.6) is 0 Å². The molecule has 0 aromatic heterocycles. The zero-order valence-corrected chi connectivity index (χ0v) is 6.20. The van der Waals surface area contributed by atoms with Gasteiger partial charge >= 0.3 is 5.63 Å². The van der Waals surface area contributed by atoms with Crippen molar-refractivity contribution in [1.29, 1.82) is 0 Å². The van der Waals surface area contributed by atoms with Crippen LogP contribution in [0.25, 0.3) is 0 Å². The number of rotatable bonds is 0. The first-order valence-corrected chi connectivity index (χ1v) is 3.39. The Morgan fingerprint density at radius 1 is 0.923 bits per heavy atom. The summed E-state index contributed by atoms with van der Waals surface area (Å²) in [5.41, 5.74) is -4.08. The molecule has 0 bridgehead atoms. The molecule has 0 radical (unpaired) electrons. The first-order chi connectivity index (χ1) is 6.11. The Morgan fingerprint density at radius 3 is 2.31 bits per heavy atom. The second-order valence-electron chi connectivity index (χ2n) is 2.48. The summed E-state index contributed by atoms with van der Waals surface area (Å²) in [6.45, 7) is 0. The van der Waals surface area contributed by atoms with Crippen molar-refractivity contribution in [3.05, 3.63) is 63.9 Å². The number of hydrogen-bond donors (Lipinski definition) is 0. The van der Waals surface area contributed by atoms with E-state index in [1.165, 1.54) is 0 Å². The van der Waals surface area contributed by atoms with Gasteiger partial charge in [-0.3, -0.25) is 14.4 Å². The second-order valence-corrected chi connectivity index (χ2v) is 2.48. The lowest BCUT2D eigenvalue weighted by atomic mass is 10.3. The Kier molecular flexibility index (Phi) is 1.30. The lowest BCUT2D eigenvalue weighted by Gasteiger charge is -1.75. The van der Waals surface area contributed by atoms with Gasteiger partial charge in [0.25, 0.3) is 5.43 Å². The van der Waals surface area contributed by atoms with E-state index in [0.717, 1.165) is 12.1 Å². The van der Waals surface area contributed by atoms with Crippen LogP contribution in [0.2, 0.25) is 0 Å². The zero-order valence-electron chi connectivity index (χ0n) is 6.20. The monoisotopic (exact) mass is 178 g/mol. The quantitative estimate of drug-likeness (QED) is 0.450.